The van der Waals surface area contributed by atoms with Crippen LogP contribution in [0, 0.1) is 12.7 Å². The van der Waals surface area contributed by atoms with E-state index in [4.69, 9.17) is 4.74 Å². The van der Waals surface area contributed by atoms with Gasteiger partial charge in [0, 0.05) is 32.9 Å². The molecule has 0 bridgehead atoms. The Kier molecular flexibility index (Phi) is 10.4. The summed E-state index contributed by atoms with van der Waals surface area (Å²) in [6.45, 7) is 7.84. The van der Waals surface area contributed by atoms with Gasteiger partial charge in [0.25, 0.3) is 0 Å². The molecular formula is C19H30FIN8O. The summed E-state index contributed by atoms with van der Waals surface area (Å²) in [6.07, 6.45) is 2.54. The molecule has 2 aromatic rings. The second-order valence-corrected chi connectivity index (χ2v) is 6.91. The Bertz CT molecular complexity index is 810. The number of guanidine groups is 1. The molecule has 0 aromatic carbocycles. The molecule has 0 atom stereocenters. The maximum absolute atomic E-state index is 13.8. The number of morpholine rings is 1. The predicted octanol–water partition coefficient (Wildman–Crippen LogP) is 1.23. The highest BCUT2D eigenvalue weighted by atomic mass is 127. The van der Waals surface area contributed by atoms with Crippen molar-refractivity contribution >= 4 is 29.9 Å². The monoisotopic (exact) mass is 532 g/mol. The van der Waals surface area contributed by atoms with Gasteiger partial charge in [0.1, 0.15) is 11.6 Å². The summed E-state index contributed by atoms with van der Waals surface area (Å²) in [6, 6.07) is 2.96. The normalized spacial score (nSPS) is 15.0. The highest BCUT2D eigenvalue weighted by Gasteiger charge is 2.10. The number of rotatable bonds is 8. The Morgan fingerprint density at radius 3 is 2.77 bits per heavy atom. The van der Waals surface area contributed by atoms with Gasteiger partial charge < -0.3 is 19.9 Å². The summed E-state index contributed by atoms with van der Waals surface area (Å²) < 4.78 is 21.1. The minimum atomic E-state index is -0.355. The quantitative estimate of drug-likeness (QED) is 0.229. The van der Waals surface area contributed by atoms with Crippen molar-refractivity contribution in [3.05, 3.63) is 41.5 Å². The van der Waals surface area contributed by atoms with Crippen molar-refractivity contribution in [2.24, 2.45) is 12.0 Å². The fourth-order valence-corrected chi connectivity index (χ4v) is 2.96. The lowest BCUT2D eigenvalue weighted by Gasteiger charge is -2.26. The molecule has 1 fully saturated rings. The van der Waals surface area contributed by atoms with Crippen LogP contribution in [0.15, 0.2) is 23.3 Å². The maximum Gasteiger partial charge on any atom is 0.192 e. The SMILES string of the molecule is Cc1nnc(CNC(=NCc2ncccc2F)NCCCN2CCOCC2)n1C.I. The van der Waals surface area contributed by atoms with E-state index in [1.165, 1.54) is 6.07 Å². The molecule has 0 radical (unpaired) electrons. The average molecular weight is 532 g/mol. The summed E-state index contributed by atoms with van der Waals surface area (Å²) in [5.41, 5.74) is 0.316. The van der Waals surface area contributed by atoms with E-state index in [-0.39, 0.29) is 36.3 Å². The molecule has 9 nitrogen and oxygen atoms in total. The maximum atomic E-state index is 13.8. The molecule has 2 aromatic heterocycles. The zero-order valence-electron chi connectivity index (χ0n) is 17.5. The Morgan fingerprint density at radius 1 is 1.27 bits per heavy atom. The van der Waals surface area contributed by atoms with Gasteiger partial charge in [-0.15, -0.1) is 34.2 Å². The number of hydrogen-bond acceptors (Lipinski definition) is 6. The van der Waals surface area contributed by atoms with Gasteiger partial charge in [0.05, 0.1) is 32.0 Å². The molecule has 1 saturated heterocycles. The Balaban J connectivity index is 0.00000320. The van der Waals surface area contributed by atoms with Crippen molar-refractivity contribution in [2.45, 2.75) is 26.4 Å². The van der Waals surface area contributed by atoms with E-state index in [2.05, 4.69) is 35.7 Å². The third kappa shape index (κ3) is 7.43. The highest BCUT2D eigenvalue weighted by molar-refractivity contribution is 14.0. The first kappa shape index (κ1) is 24.4. The molecule has 3 heterocycles. The van der Waals surface area contributed by atoms with E-state index in [9.17, 15) is 4.39 Å². The predicted molar refractivity (Wildman–Crippen MR) is 123 cm³/mol. The summed E-state index contributed by atoms with van der Waals surface area (Å²) in [5.74, 6) is 1.88. The molecular weight excluding hydrogens is 502 g/mol. The number of hydrogen-bond donors (Lipinski definition) is 2. The van der Waals surface area contributed by atoms with E-state index < -0.39 is 0 Å². The first-order chi connectivity index (χ1) is 14.1. The second kappa shape index (κ2) is 12.7. The van der Waals surface area contributed by atoms with Crippen LogP contribution in [0.25, 0.3) is 0 Å². The molecule has 166 valence electrons. The molecule has 0 unspecified atom stereocenters. The van der Waals surface area contributed by atoms with Crippen molar-refractivity contribution in [2.75, 3.05) is 39.4 Å². The van der Waals surface area contributed by atoms with Crippen LogP contribution in [0.3, 0.4) is 0 Å². The Labute approximate surface area is 193 Å². The number of halogens is 2. The van der Waals surface area contributed by atoms with Crippen LogP contribution in [-0.2, 0) is 24.9 Å². The van der Waals surface area contributed by atoms with Crippen molar-refractivity contribution in [3.8, 4) is 0 Å². The molecule has 3 rings (SSSR count). The van der Waals surface area contributed by atoms with Crippen LogP contribution < -0.4 is 10.6 Å². The van der Waals surface area contributed by atoms with Crippen LogP contribution in [-0.4, -0.2) is 70.0 Å². The summed E-state index contributed by atoms with van der Waals surface area (Å²) >= 11 is 0. The molecule has 0 amide bonds. The largest absolute Gasteiger partial charge is 0.379 e. The molecule has 0 saturated carbocycles. The van der Waals surface area contributed by atoms with Crippen LogP contribution in [0.5, 0.6) is 0 Å². The molecule has 0 spiro atoms. The summed E-state index contributed by atoms with van der Waals surface area (Å²) in [5, 5.41) is 14.8. The van der Waals surface area contributed by atoms with Gasteiger partial charge in [-0.2, -0.15) is 0 Å². The third-order valence-corrected chi connectivity index (χ3v) is 4.87. The lowest BCUT2D eigenvalue weighted by atomic mass is 10.3. The second-order valence-electron chi connectivity index (χ2n) is 6.91. The Hall–Kier alpha value is -1.86. The van der Waals surface area contributed by atoms with Crippen LogP contribution in [0.4, 0.5) is 4.39 Å². The van der Waals surface area contributed by atoms with Crippen molar-refractivity contribution in [3.63, 3.8) is 0 Å². The van der Waals surface area contributed by atoms with E-state index in [0.717, 1.165) is 57.5 Å². The van der Waals surface area contributed by atoms with Crippen molar-refractivity contribution in [1.82, 2.24) is 35.3 Å². The fourth-order valence-electron chi connectivity index (χ4n) is 2.96. The minimum Gasteiger partial charge on any atom is -0.379 e. The molecule has 1 aliphatic heterocycles. The minimum absolute atomic E-state index is 0. The molecule has 0 aliphatic carbocycles. The highest BCUT2D eigenvalue weighted by Crippen LogP contribution is 2.04. The zero-order chi connectivity index (χ0) is 20.5. The van der Waals surface area contributed by atoms with Gasteiger partial charge in [-0.1, -0.05) is 0 Å². The first-order valence-corrected chi connectivity index (χ1v) is 9.90. The average Bonchev–Trinajstić information content (AvgIpc) is 3.06. The molecule has 11 heteroatoms. The molecule has 30 heavy (non-hydrogen) atoms. The van der Waals surface area contributed by atoms with Crippen molar-refractivity contribution in [1.29, 1.82) is 0 Å². The number of nitrogens with zero attached hydrogens (tertiary/aromatic N) is 6. The number of aryl methyl sites for hydroxylation is 1. The third-order valence-electron chi connectivity index (χ3n) is 4.87. The standard InChI is InChI=1S/C19H29FN8O.HI/c1-15-25-26-18(27(15)2)14-24-19(23-13-17-16(20)5-3-6-21-17)22-7-4-8-28-9-11-29-12-10-28;/h3,5-6H,4,7-14H2,1-2H3,(H2,22,23,24);1H. The first-order valence-electron chi connectivity index (χ1n) is 9.90. The number of ether oxygens (including phenoxy) is 1. The van der Waals surface area contributed by atoms with Gasteiger partial charge in [0.2, 0.25) is 0 Å². The molecule has 1 aliphatic rings. The zero-order valence-corrected chi connectivity index (χ0v) is 19.8. The van der Waals surface area contributed by atoms with E-state index in [1.807, 2.05) is 18.5 Å². The van der Waals surface area contributed by atoms with E-state index >= 15 is 0 Å². The van der Waals surface area contributed by atoms with Gasteiger partial charge in [-0.3, -0.25) is 9.88 Å². The number of aliphatic imine (C=N–C) groups is 1. The van der Waals surface area contributed by atoms with E-state index in [0.29, 0.717) is 18.2 Å². The fraction of sp³-hybridized carbons (Fsp3) is 0.579. The lowest BCUT2D eigenvalue weighted by Crippen LogP contribution is -2.40. The van der Waals surface area contributed by atoms with Gasteiger partial charge >= 0.3 is 0 Å². The smallest absolute Gasteiger partial charge is 0.192 e. The van der Waals surface area contributed by atoms with Crippen LogP contribution in [0.2, 0.25) is 0 Å². The number of pyridine rings is 1. The Morgan fingerprint density at radius 2 is 2.07 bits per heavy atom. The number of nitrogens with one attached hydrogen (secondary N) is 2. The topological polar surface area (TPSA) is 92.5 Å². The van der Waals surface area contributed by atoms with Crippen LogP contribution in [0.1, 0.15) is 23.8 Å². The molecule has 2 N–H and O–H groups in total. The van der Waals surface area contributed by atoms with Gasteiger partial charge in [0.15, 0.2) is 11.8 Å². The van der Waals surface area contributed by atoms with Crippen molar-refractivity contribution < 1.29 is 9.13 Å². The van der Waals surface area contributed by atoms with Gasteiger partial charge in [-0.25, -0.2) is 9.38 Å². The van der Waals surface area contributed by atoms with E-state index in [1.54, 1.807) is 12.3 Å². The summed E-state index contributed by atoms with van der Waals surface area (Å²) in [4.78, 5) is 10.9. The summed E-state index contributed by atoms with van der Waals surface area (Å²) in [7, 11) is 1.92. The van der Waals surface area contributed by atoms with Gasteiger partial charge in [-0.05, 0) is 32.0 Å². The van der Waals surface area contributed by atoms with Crippen LogP contribution >= 0.6 is 24.0 Å². The number of aromatic nitrogens is 4. The lowest BCUT2D eigenvalue weighted by molar-refractivity contribution is 0.0376.